The van der Waals surface area contributed by atoms with E-state index in [-0.39, 0.29) is 37.2 Å². The van der Waals surface area contributed by atoms with Crippen molar-refractivity contribution in [3.8, 4) is 11.5 Å². The van der Waals surface area contributed by atoms with Crippen molar-refractivity contribution in [3.05, 3.63) is 38.9 Å². The Bertz CT molecular complexity index is 1010. The second-order valence-electron chi connectivity index (χ2n) is 6.74. The molecule has 0 aliphatic carbocycles. The third kappa shape index (κ3) is 8.38. The van der Waals surface area contributed by atoms with Gasteiger partial charge in [0.2, 0.25) is 12.9 Å². The van der Waals surface area contributed by atoms with Crippen molar-refractivity contribution in [2.24, 2.45) is 0 Å². The van der Waals surface area contributed by atoms with Crippen molar-refractivity contribution in [3.63, 3.8) is 0 Å². The zero-order valence-electron chi connectivity index (χ0n) is 18.1. The van der Waals surface area contributed by atoms with E-state index in [1.807, 2.05) is 0 Å². The maximum Gasteiger partial charge on any atom is 0.573 e. The Balaban J connectivity index is 2.12. The average molecular weight is 533 g/mol. The van der Waals surface area contributed by atoms with Crippen LogP contribution in [0.3, 0.4) is 0 Å². The van der Waals surface area contributed by atoms with Gasteiger partial charge in [0.25, 0.3) is 5.09 Å². The lowest BCUT2D eigenvalue weighted by Crippen LogP contribution is -2.41. The number of benzene rings is 1. The number of carbonyl (C=O) groups excluding carboxylic acids is 2. The van der Waals surface area contributed by atoms with Crippen LogP contribution in [0.25, 0.3) is 6.08 Å². The van der Waals surface area contributed by atoms with Crippen molar-refractivity contribution in [1.29, 1.82) is 0 Å². The molecule has 1 aliphatic heterocycles. The van der Waals surface area contributed by atoms with Gasteiger partial charge in [-0.2, -0.15) is 13.2 Å². The minimum atomic E-state index is -5.12. The van der Waals surface area contributed by atoms with Gasteiger partial charge in [-0.1, -0.05) is 6.92 Å². The summed E-state index contributed by atoms with van der Waals surface area (Å²) in [6.45, 7) is -0.499. The van der Waals surface area contributed by atoms with Crippen LogP contribution in [0.5, 0.6) is 11.5 Å². The van der Waals surface area contributed by atoms with Gasteiger partial charge < -0.3 is 28.5 Å². The van der Waals surface area contributed by atoms with E-state index in [2.05, 4.69) is 23.8 Å². The minimum Gasteiger partial charge on any atom is -0.475 e. The number of aryl methyl sites for hydroxylation is 1. The molecule has 0 amide bonds. The van der Waals surface area contributed by atoms with Crippen molar-refractivity contribution in [2.75, 3.05) is 20.0 Å². The highest BCUT2D eigenvalue weighted by Gasteiger charge is 2.49. The fraction of sp³-hybridized carbons (Fsp3) is 0.474. The fourth-order valence-corrected chi connectivity index (χ4v) is 2.83. The number of hydrogen-bond acceptors (Lipinski definition) is 10. The first-order valence-electron chi connectivity index (χ1n) is 9.83. The van der Waals surface area contributed by atoms with Crippen molar-refractivity contribution in [1.82, 2.24) is 0 Å². The summed E-state index contributed by atoms with van der Waals surface area (Å²) in [5.41, 5.74) is -1.48. The highest BCUT2D eigenvalue weighted by molar-refractivity contribution is 5.96. The van der Waals surface area contributed by atoms with Gasteiger partial charge in [0.05, 0.1) is 18.8 Å². The SMILES string of the molecule is CCc1cc(OC(F)(F)F)cc2c1OC(C(F)(F)F)C(C(=O)OCOC(=O)OCCCO[N+](=O)[O-])=C2. The summed E-state index contributed by atoms with van der Waals surface area (Å²) in [5.74, 6) is -2.78. The van der Waals surface area contributed by atoms with Gasteiger partial charge in [-0.25, -0.2) is 9.59 Å². The number of halogens is 6. The van der Waals surface area contributed by atoms with Gasteiger partial charge in [0.1, 0.15) is 11.5 Å². The minimum absolute atomic E-state index is 0.0241. The van der Waals surface area contributed by atoms with Crippen molar-refractivity contribution >= 4 is 18.2 Å². The highest BCUT2D eigenvalue weighted by atomic mass is 19.4. The highest BCUT2D eigenvalue weighted by Crippen LogP contribution is 2.42. The quantitative estimate of drug-likeness (QED) is 0.108. The Morgan fingerprint density at radius 2 is 1.78 bits per heavy atom. The van der Waals surface area contributed by atoms with Crippen LogP contribution in [0.15, 0.2) is 17.7 Å². The monoisotopic (exact) mass is 533 g/mol. The van der Waals surface area contributed by atoms with Crippen molar-refractivity contribution in [2.45, 2.75) is 38.4 Å². The van der Waals surface area contributed by atoms with Crippen LogP contribution in [0.2, 0.25) is 0 Å². The number of ether oxygens (including phenoxy) is 5. The lowest BCUT2D eigenvalue weighted by Gasteiger charge is -2.29. The van der Waals surface area contributed by atoms with E-state index in [0.717, 1.165) is 12.1 Å². The molecule has 0 aromatic heterocycles. The third-order valence-corrected chi connectivity index (χ3v) is 4.22. The summed E-state index contributed by atoms with van der Waals surface area (Å²) in [6, 6.07) is 1.60. The normalized spacial score (nSPS) is 15.1. The van der Waals surface area contributed by atoms with Gasteiger partial charge >= 0.3 is 24.7 Å². The van der Waals surface area contributed by atoms with E-state index in [1.54, 1.807) is 0 Å². The van der Waals surface area contributed by atoms with Gasteiger partial charge in [-0.3, -0.25) is 0 Å². The molecule has 0 fully saturated rings. The third-order valence-electron chi connectivity index (χ3n) is 4.22. The first kappa shape index (κ1) is 28.3. The van der Waals surface area contributed by atoms with Crippen LogP contribution >= 0.6 is 0 Å². The summed E-state index contributed by atoms with van der Waals surface area (Å²) in [6.07, 6.45) is -13.9. The van der Waals surface area contributed by atoms with Crippen LogP contribution in [-0.2, 0) is 30.3 Å². The average Bonchev–Trinajstić information content (AvgIpc) is 2.75. The molecule has 11 nitrogen and oxygen atoms in total. The van der Waals surface area contributed by atoms with Crippen LogP contribution in [-0.4, -0.2) is 55.9 Å². The van der Waals surface area contributed by atoms with Crippen LogP contribution < -0.4 is 9.47 Å². The smallest absolute Gasteiger partial charge is 0.475 e. The maximum absolute atomic E-state index is 13.6. The first-order chi connectivity index (χ1) is 16.7. The summed E-state index contributed by atoms with van der Waals surface area (Å²) in [7, 11) is 0. The van der Waals surface area contributed by atoms with Crippen LogP contribution in [0, 0.1) is 10.1 Å². The second-order valence-corrected chi connectivity index (χ2v) is 6.74. The van der Waals surface area contributed by atoms with E-state index in [0.29, 0.717) is 6.08 Å². The van der Waals surface area contributed by atoms with E-state index in [9.17, 15) is 46.0 Å². The number of carbonyl (C=O) groups is 2. The number of hydrogen-bond donors (Lipinski definition) is 0. The molecule has 0 saturated carbocycles. The molecule has 1 heterocycles. The Hall–Kier alpha value is -3.92. The molecule has 1 atom stereocenters. The standard InChI is InChI=1S/C19H17F6NO10/c1-2-10-6-12(36-19(23,24)25)7-11-8-13(15(18(20,21)22)35-14(10)11)16(27)32-9-33-17(28)31-4-3-5-34-26(29)30/h6-8,15H,2-5,9H2,1H3. The molecule has 200 valence electrons. The zero-order valence-corrected chi connectivity index (χ0v) is 18.1. The van der Waals surface area contributed by atoms with E-state index in [4.69, 9.17) is 4.74 Å². The lowest BCUT2D eigenvalue weighted by molar-refractivity contribution is -0.757. The Morgan fingerprint density at radius 3 is 2.36 bits per heavy atom. The number of nitrogens with zero attached hydrogens (tertiary/aromatic N) is 1. The van der Waals surface area contributed by atoms with Gasteiger partial charge in [-0.05, 0) is 30.2 Å². The van der Waals surface area contributed by atoms with Crippen LogP contribution in [0.4, 0.5) is 31.1 Å². The fourth-order valence-electron chi connectivity index (χ4n) is 2.83. The van der Waals surface area contributed by atoms with Gasteiger partial charge in [0.15, 0.2) is 0 Å². The Kier molecular flexibility index (Phi) is 9.18. The molecule has 36 heavy (non-hydrogen) atoms. The largest absolute Gasteiger partial charge is 0.573 e. The Labute approximate surface area is 197 Å². The number of alkyl halides is 6. The molecular formula is C19H17F6NO10. The molecule has 0 N–H and O–H groups in total. The zero-order chi connectivity index (χ0) is 27.1. The van der Waals surface area contributed by atoms with E-state index in [1.165, 1.54) is 6.92 Å². The molecular weight excluding hydrogens is 516 g/mol. The van der Waals surface area contributed by atoms with E-state index >= 15 is 0 Å². The molecule has 0 bridgehead atoms. The number of rotatable bonds is 10. The lowest BCUT2D eigenvalue weighted by atomic mass is 9.97. The second kappa shape index (κ2) is 11.7. The summed E-state index contributed by atoms with van der Waals surface area (Å²) in [5, 5.41) is 8.89. The molecule has 1 aliphatic rings. The maximum atomic E-state index is 13.6. The predicted molar refractivity (Wildman–Crippen MR) is 102 cm³/mol. The molecule has 2 rings (SSSR count). The molecule has 0 radical (unpaired) electrons. The Morgan fingerprint density at radius 1 is 1.08 bits per heavy atom. The predicted octanol–water partition coefficient (Wildman–Crippen LogP) is 4.11. The van der Waals surface area contributed by atoms with Gasteiger partial charge in [-0.15, -0.1) is 23.3 Å². The van der Waals surface area contributed by atoms with Gasteiger partial charge in [0, 0.05) is 12.0 Å². The van der Waals surface area contributed by atoms with Crippen molar-refractivity contribution < 1.29 is 69.5 Å². The molecule has 0 saturated heterocycles. The number of fused-ring (bicyclic) bond motifs is 1. The first-order valence-corrected chi connectivity index (χ1v) is 9.83. The van der Waals surface area contributed by atoms with E-state index < -0.39 is 59.7 Å². The summed E-state index contributed by atoms with van der Waals surface area (Å²) in [4.78, 5) is 37.6. The molecule has 1 aromatic carbocycles. The summed E-state index contributed by atoms with van der Waals surface area (Å²) >= 11 is 0. The molecule has 17 heteroatoms. The van der Waals surface area contributed by atoms with Crippen LogP contribution in [0.1, 0.15) is 24.5 Å². The number of esters is 1. The molecule has 1 aromatic rings. The molecule has 1 unspecified atom stereocenters. The topological polar surface area (TPSA) is 133 Å². The summed E-state index contributed by atoms with van der Waals surface area (Å²) < 4.78 is 101. The molecule has 0 spiro atoms.